The SMILES string of the molecule is COc1ccc(Sc2ccc(=O)n(-c3ccc(C(=O)NCc4ccccc4OC)cc3)n2)cc1. The summed E-state index contributed by atoms with van der Waals surface area (Å²) in [4.78, 5) is 26.0. The lowest BCUT2D eigenvalue weighted by atomic mass is 10.1. The van der Waals surface area contributed by atoms with Crippen LogP contribution in [-0.2, 0) is 6.54 Å². The predicted octanol–water partition coefficient (Wildman–Crippen LogP) is 4.33. The molecule has 0 bridgehead atoms. The van der Waals surface area contributed by atoms with Crippen molar-refractivity contribution in [2.45, 2.75) is 16.5 Å². The third-order valence-corrected chi connectivity index (χ3v) is 6.00. The minimum atomic E-state index is -0.257. The number of amides is 1. The molecule has 7 nitrogen and oxygen atoms in total. The highest BCUT2D eigenvalue weighted by Gasteiger charge is 2.10. The summed E-state index contributed by atoms with van der Waals surface area (Å²) < 4.78 is 11.8. The quantitative estimate of drug-likeness (QED) is 0.410. The topological polar surface area (TPSA) is 82.5 Å². The number of benzene rings is 3. The van der Waals surface area contributed by atoms with E-state index in [4.69, 9.17) is 9.47 Å². The fourth-order valence-electron chi connectivity index (χ4n) is 3.28. The Morgan fingerprint density at radius 3 is 2.35 bits per heavy atom. The van der Waals surface area contributed by atoms with E-state index in [2.05, 4.69) is 10.4 Å². The zero-order valence-corrected chi connectivity index (χ0v) is 19.5. The Labute approximate surface area is 201 Å². The number of aromatic nitrogens is 2. The molecule has 8 heteroatoms. The maximum Gasteiger partial charge on any atom is 0.271 e. The number of nitrogens with zero attached hydrogens (tertiary/aromatic N) is 2. The molecule has 34 heavy (non-hydrogen) atoms. The van der Waals surface area contributed by atoms with Gasteiger partial charge in [0.25, 0.3) is 11.5 Å². The van der Waals surface area contributed by atoms with Crippen LogP contribution in [0.5, 0.6) is 11.5 Å². The number of hydrogen-bond acceptors (Lipinski definition) is 6. The van der Waals surface area contributed by atoms with Crippen molar-refractivity contribution in [2.24, 2.45) is 0 Å². The van der Waals surface area contributed by atoms with E-state index in [1.165, 1.54) is 22.5 Å². The number of rotatable bonds is 8. The number of para-hydroxylation sites is 1. The van der Waals surface area contributed by atoms with Gasteiger partial charge in [-0.15, -0.1) is 0 Å². The van der Waals surface area contributed by atoms with Gasteiger partial charge in [-0.1, -0.05) is 30.0 Å². The van der Waals surface area contributed by atoms with Gasteiger partial charge < -0.3 is 14.8 Å². The Bertz CT molecular complexity index is 1340. The fraction of sp³-hybridized carbons (Fsp3) is 0.115. The second-order valence-electron chi connectivity index (χ2n) is 7.24. The molecule has 1 aromatic heterocycles. The molecule has 0 aliphatic heterocycles. The van der Waals surface area contributed by atoms with Crippen molar-refractivity contribution in [3.05, 3.63) is 106 Å². The molecule has 0 saturated carbocycles. The molecule has 0 unspecified atom stereocenters. The van der Waals surface area contributed by atoms with Crippen molar-refractivity contribution in [3.63, 3.8) is 0 Å². The third kappa shape index (κ3) is 5.47. The van der Waals surface area contributed by atoms with E-state index in [0.29, 0.717) is 22.8 Å². The molecule has 4 rings (SSSR count). The Kier molecular flexibility index (Phi) is 7.29. The van der Waals surface area contributed by atoms with Crippen LogP contribution in [0.15, 0.2) is 99.6 Å². The Hall–Kier alpha value is -4.04. The van der Waals surface area contributed by atoms with Crippen molar-refractivity contribution in [1.82, 2.24) is 15.1 Å². The Balaban J connectivity index is 1.46. The van der Waals surface area contributed by atoms with Crippen LogP contribution in [0, 0.1) is 0 Å². The molecule has 1 N–H and O–H groups in total. The number of methoxy groups -OCH3 is 2. The average molecular weight is 474 g/mol. The summed E-state index contributed by atoms with van der Waals surface area (Å²) in [5.74, 6) is 1.27. The minimum Gasteiger partial charge on any atom is -0.497 e. The Morgan fingerprint density at radius 1 is 0.912 bits per heavy atom. The first-order valence-electron chi connectivity index (χ1n) is 10.5. The van der Waals surface area contributed by atoms with Crippen molar-refractivity contribution in [2.75, 3.05) is 14.2 Å². The Morgan fingerprint density at radius 2 is 1.65 bits per heavy atom. The molecule has 0 aliphatic carbocycles. The molecule has 3 aromatic carbocycles. The van der Waals surface area contributed by atoms with Gasteiger partial charge in [0.2, 0.25) is 0 Å². The molecule has 0 atom stereocenters. The van der Waals surface area contributed by atoms with Gasteiger partial charge in [0.15, 0.2) is 0 Å². The number of carbonyl (C=O) groups is 1. The van der Waals surface area contributed by atoms with Crippen molar-refractivity contribution < 1.29 is 14.3 Å². The molecule has 172 valence electrons. The summed E-state index contributed by atoms with van der Waals surface area (Å²) in [6, 6.07) is 25.0. The summed E-state index contributed by atoms with van der Waals surface area (Å²) in [5, 5.41) is 8.03. The van der Waals surface area contributed by atoms with Gasteiger partial charge in [0.05, 0.1) is 19.9 Å². The van der Waals surface area contributed by atoms with E-state index >= 15 is 0 Å². The molecule has 4 aromatic rings. The molecule has 0 spiro atoms. The molecule has 0 radical (unpaired) electrons. The van der Waals surface area contributed by atoms with Crippen molar-refractivity contribution in [3.8, 4) is 17.2 Å². The van der Waals surface area contributed by atoms with Gasteiger partial charge in [0.1, 0.15) is 16.5 Å². The molecule has 0 aliphatic rings. The van der Waals surface area contributed by atoms with E-state index in [1.807, 2.05) is 48.5 Å². The van der Waals surface area contributed by atoms with Crippen LogP contribution in [0.25, 0.3) is 5.69 Å². The highest BCUT2D eigenvalue weighted by atomic mass is 32.2. The number of carbonyl (C=O) groups excluding carboxylic acids is 1. The van der Waals surface area contributed by atoms with Crippen LogP contribution >= 0.6 is 11.8 Å². The first-order chi connectivity index (χ1) is 16.6. The first kappa shape index (κ1) is 23.1. The zero-order chi connectivity index (χ0) is 23.9. The molecule has 1 amide bonds. The lowest BCUT2D eigenvalue weighted by molar-refractivity contribution is 0.0950. The van der Waals surface area contributed by atoms with E-state index in [9.17, 15) is 9.59 Å². The zero-order valence-electron chi connectivity index (χ0n) is 18.7. The van der Waals surface area contributed by atoms with Gasteiger partial charge in [-0.05, 0) is 60.7 Å². The third-order valence-electron chi connectivity index (χ3n) is 5.06. The van der Waals surface area contributed by atoms with E-state index in [1.54, 1.807) is 44.6 Å². The number of hydrogen-bond donors (Lipinski definition) is 1. The van der Waals surface area contributed by atoms with Gasteiger partial charge >= 0.3 is 0 Å². The van der Waals surface area contributed by atoms with Crippen LogP contribution in [-0.4, -0.2) is 29.9 Å². The molecular formula is C26H23N3O4S. The average Bonchev–Trinajstić information content (AvgIpc) is 2.89. The fourth-order valence-corrected chi connectivity index (χ4v) is 4.05. The van der Waals surface area contributed by atoms with Crippen LogP contribution in [0.2, 0.25) is 0 Å². The summed E-state index contributed by atoms with van der Waals surface area (Å²) in [6.45, 7) is 0.343. The van der Waals surface area contributed by atoms with Crippen LogP contribution in [0.4, 0.5) is 0 Å². The van der Waals surface area contributed by atoms with Crippen LogP contribution < -0.4 is 20.3 Å². The lowest BCUT2D eigenvalue weighted by Gasteiger charge is -2.10. The van der Waals surface area contributed by atoms with Gasteiger partial charge in [-0.25, -0.2) is 0 Å². The normalized spacial score (nSPS) is 10.5. The van der Waals surface area contributed by atoms with E-state index < -0.39 is 0 Å². The van der Waals surface area contributed by atoms with Gasteiger partial charge in [0, 0.05) is 28.6 Å². The molecule has 0 saturated heterocycles. The smallest absolute Gasteiger partial charge is 0.271 e. The highest BCUT2D eigenvalue weighted by molar-refractivity contribution is 7.99. The largest absolute Gasteiger partial charge is 0.497 e. The monoisotopic (exact) mass is 473 g/mol. The minimum absolute atomic E-state index is 0.221. The summed E-state index contributed by atoms with van der Waals surface area (Å²) in [6.07, 6.45) is 0. The van der Waals surface area contributed by atoms with Crippen LogP contribution in [0.1, 0.15) is 15.9 Å². The summed E-state index contributed by atoms with van der Waals surface area (Å²) >= 11 is 1.44. The number of ether oxygens (including phenoxy) is 2. The van der Waals surface area contributed by atoms with E-state index in [0.717, 1.165) is 22.0 Å². The summed E-state index contributed by atoms with van der Waals surface area (Å²) in [7, 11) is 3.22. The van der Waals surface area contributed by atoms with Crippen molar-refractivity contribution in [1.29, 1.82) is 0 Å². The molecule has 0 fully saturated rings. The highest BCUT2D eigenvalue weighted by Crippen LogP contribution is 2.27. The maximum atomic E-state index is 12.6. The van der Waals surface area contributed by atoms with Gasteiger partial charge in [-0.3, -0.25) is 9.59 Å². The first-order valence-corrected chi connectivity index (χ1v) is 11.3. The molecular weight excluding hydrogens is 450 g/mol. The van der Waals surface area contributed by atoms with Gasteiger partial charge in [-0.2, -0.15) is 9.78 Å². The number of nitrogens with one attached hydrogen (secondary N) is 1. The maximum absolute atomic E-state index is 12.6. The predicted molar refractivity (Wildman–Crippen MR) is 131 cm³/mol. The second kappa shape index (κ2) is 10.7. The summed E-state index contributed by atoms with van der Waals surface area (Å²) in [5.41, 5.74) is 1.68. The second-order valence-corrected chi connectivity index (χ2v) is 8.33. The molecule has 1 heterocycles. The van der Waals surface area contributed by atoms with E-state index in [-0.39, 0.29) is 11.5 Å². The standard InChI is InChI=1S/C26H23N3O4S/c1-32-21-11-13-22(14-12-21)34-24-15-16-25(30)29(28-24)20-9-7-18(8-10-20)26(31)27-17-19-5-3-4-6-23(19)33-2/h3-16H,17H2,1-2H3,(H,27,31). The lowest BCUT2D eigenvalue weighted by Crippen LogP contribution is -2.23. The van der Waals surface area contributed by atoms with Crippen molar-refractivity contribution >= 4 is 17.7 Å². The van der Waals surface area contributed by atoms with Crippen LogP contribution in [0.3, 0.4) is 0 Å².